The fourth-order valence-corrected chi connectivity index (χ4v) is 2.86. The molecular formula is C18H26N2O3. The number of rotatable bonds is 6. The maximum absolute atomic E-state index is 13.1. The first-order valence-electron chi connectivity index (χ1n) is 8.15. The van der Waals surface area contributed by atoms with Crippen LogP contribution in [-0.2, 0) is 4.79 Å². The van der Waals surface area contributed by atoms with Crippen molar-refractivity contribution < 1.29 is 14.3 Å². The van der Waals surface area contributed by atoms with Crippen LogP contribution in [0.15, 0.2) is 18.2 Å². The summed E-state index contributed by atoms with van der Waals surface area (Å²) in [5.74, 6) is 0.644. The number of nitrogens with zero attached hydrogens (tertiary/aromatic N) is 2. The monoisotopic (exact) mass is 318 g/mol. The molecule has 2 rings (SSSR count). The molecule has 0 fully saturated rings. The molecule has 1 aromatic carbocycles. The van der Waals surface area contributed by atoms with Gasteiger partial charge in [0.1, 0.15) is 5.75 Å². The second-order valence-corrected chi connectivity index (χ2v) is 6.30. The molecule has 5 nitrogen and oxygen atoms in total. The number of hydrogen-bond donors (Lipinski definition) is 0. The van der Waals surface area contributed by atoms with Crippen molar-refractivity contribution in [2.24, 2.45) is 0 Å². The van der Waals surface area contributed by atoms with Crippen LogP contribution in [-0.4, -0.2) is 49.4 Å². The van der Waals surface area contributed by atoms with E-state index in [-0.39, 0.29) is 11.7 Å². The number of anilines is 1. The van der Waals surface area contributed by atoms with Crippen LogP contribution in [0.25, 0.3) is 0 Å². The molecule has 5 heteroatoms. The number of ether oxygens (including phenoxy) is 1. The third-order valence-corrected chi connectivity index (χ3v) is 4.51. The second-order valence-electron chi connectivity index (χ2n) is 6.30. The van der Waals surface area contributed by atoms with Crippen molar-refractivity contribution in [3.63, 3.8) is 0 Å². The van der Waals surface area contributed by atoms with Crippen LogP contribution in [0.5, 0.6) is 5.75 Å². The minimum Gasteiger partial charge on any atom is -0.475 e. The zero-order valence-electron chi connectivity index (χ0n) is 14.7. The van der Waals surface area contributed by atoms with Crippen molar-refractivity contribution in [3.8, 4) is 5.75 Å². The summed E-state index contributed by atoms with van der Waals surface area (Å²) in [7, 11) is 3.95. The van der Waals surface area contributed by atoms with Gasteiger partial charge in [-0.3, -0.25) is 9.59 Å². The van der Waals surface area contributed by atoms with Crippen molar-refractivity contribution in [1.29, 1.82) is 0 Å². The predicted octanol–water partition coefficient (Wildman–Crippen LogP) is 2.74. The summed E-state index contributed by atoms with van der Waals surface area (Å²) >= 11 is 0. The zero-order valence-corrected chi connectivity index (χ0v) is 14.7. The van der Waals surface area contributed by atoms with Gasteiger partial charge in [-0.05, 0) is 52.1 Å². The Balaban J connectivity index is 2.50. The summed E-state index contributed by atoms with van der Waals surface area (Å²) in [6.45, 7) is 6.80. The number of carbonyl (C=O) groups is 2. The van der Waals surface area contributed by atoms with Crippen LogP contribution in [0.3, 0.4) is 0 Å². The Labute approximate surface area is 138 Å². The maximum Gasteiger partial charge on any atom is 0.271 e. The highest BCUT2D eigenvalue weighted by Gasteiger charge is 2.45. The minimum atomic E-state index is -0.808. The van der Waals surface area contributed by atoms with Gasteiger partial charge in [0.25, 0.3) is 5.91 Å². The van der Waals surface area contributed by atoms with E-state index in [4.69, 9.17) is 4.74 Å². The summed E-state index contributed by atoms with van der Waals surface area (Å²) in [6, 6.07) is 5.33. The molecule has 0 radical (unpaired) electrons. The molecule has 0 saturated heterocycles. The average molecular weight is 318 g/mol. The van der Waals surface area contributed by atoms with Crippen molar-refractivity contribution in [2.45, 2.75) is 39.2 Å². The van der Waals surface area contributed by atoms with E-state index < -0.39 is 5.60 Å². The molecule has 1 heterocycles. The molecule has 1 aliphatic heterocycles. The molecule has 0 saturated carbocycles. The average Bonchev–Trinajstić information content (AvgIpc) is 2.52. The molecule has 0 spiro atoms. The first kappa shape index (κ1) is 17.5. The Morgan fingerprint density at radius 1 is 1.26 bits per heavy atom. The summed E-state index contributed by atoms with van der Waals surface area (Å²) in [4.78, 5) is 28.6. The second kappa shape index (κ2) is 6.71. The number of ketones is 1. The lowest BCUT2D eigenvalue weighted by atomic mass is 9.92. The highest BCUT2D eigenvalue weighted by Crippen LogP contribution is 2.41. The lowest BCUT2D eigenvalue weighted by molar-refractivity contribution is -0.136. The molecule has 0 N–H and O–H groups in total. The lowest BCUT2D eigenvalue weighted by Crippen LogP contribution is -2.56. The fraction of sp³-hybridized carbons (Fsp3) is 0.556. The maximum atomic E-state index is 13.1. The van der Waals surface area contributed by atoms with E-state index in [1.54, 1.807) is 23.1 Å². The third-order valence-electron chi connectivity index (χ3n) is 4.51. The predicted molar refractivity (Wildman–Crippen MR) is 91.3 cm³/mol. The van der Waals surface area contributed by atoms with E-state index in [0.29, 0.717) is 36.4 Å². The first-order chi connectivity index (χ1) is 10.8. The van der Waals surface area contributed by atoms with Gasteiger partial charge >= 0.3 is 0 Å². The van der Waals surface area contributed by atoms with Crippen LogP contribution < -0.4 is 9.64 Å². The number of likely N-dealkylation sites (N-methyl/N-ethyl adjacent to an activating group) is 1. The van der Waals surface area contributed by atoms with Gasteiger partial charge in [-0.2, -0.15) is 0 Å². The molecule has 1 amide bonds. The van der Waals surface area contributed by atoms with Gasteiger partial charge in [0, 0.05) is 18.7 Å². The van der Waals surface area contributed by atoms with E-state index in [9.17, 15) is 9.59 Å². The lowest BCUT2D eigenvalue weighted by Gasteiger charge is -2.42. The molecule has 126 valence electrons. The standard InChI is InChI=1S/C18H26N2O3/c1-6-18(7-2)17(22)20(11-10-19(4)5)15-12-14(13(3)21)8-9-16(15)23-18/h8-9,12H,6-7,10-11H2,1-5H3. The van der Waals surface area contributed by atoms with E-state index >= 15 is 0 Å². The third kappa shape index (κ3) is 3.24. The van der Waals surface area contributed by atoms with Gasteiger partial charge in [0.05, 0.1) is 5.69 Å². The molecule has 1 aromatic rings. The number of carbonyl (C=O) groups excluding carboxylic acids is 2. The van der Waals surface area contributed by atoms with E-state index in [2.05, 4.69) is 0 Å². The van der Waals surface area contributed by atoms with Crippen LogP contribution in [0, 0.1) is 0 Å². The molecular weight excluding hydrogens is 292 g/mol. The SMILES string of the molecule is CCC1(CC)Oc2ccc(C(C)=O)cc2N(CCN(C)C)C1=O. The minimum absolute atomic E-state index is 0.0162. The quantitative estimate of drug-likeness (QED) is 0.757. The Morgan fingerprint density at radius 2 is 1.91 bits per heavy atom. The van der Waals surface area contributed by atoms with E-state index in [0.717, 1.165) is 6.54 Å². The molecule has 0 atom stereocenters. The Bertz CT molecular complexity index is 606. The van der Waals surface area contributed by atoms with Gasteiger partial charge in [0.2, 0.25) is 0 Å². The van der Waals surface area contributed by atoms with E-state index in [1.165, 1.54) is 6.92 Å². The summed E-state index contributed by atoms with van der Waals surface area (Å²) in [5, 5.41) is 0. The van der Waals surface area contributed by atoms with E-state index in [1.807, 2.05) is 32.8 Å². The number of hydrogen-bond acceptors (Lipinski definition) is 4. The molecule has 0 bridgehead atoms. The molecule has 0 aliphatic carbocycles. The number of benzene rings is 1. The van der Waals surface area contributed by atoms with Gasteiger partial charge in [-0.15, -0.1) is 0 Å². The smallest absolute Gasteiger partial charge is 0.271 e. The van der Waals surface area contributed by atoms with Crippen LogP contribution >= 0.6 is 0 Å². The Kier molecular flexibility index (Phi) is 5.09. The Morgan fingerprint density at radius 3 is 2.43 bits per heavy atom. The number of Topliss-reactive ketones (excluding diaryl/α,β-unsaturated/α-hetero) is 1. The number of fused-ring (bicyclic) bond motifs is 1. The van der Waals surface area contributed by atoms with Crippen molar-refractivity contribution in [1.82, 2.24) is 4.90 Å². The van der Waals surface area contributed by atoms with Gasteiger partial charge < -0.3 is 14.5 Å². The topological polar surface area (TPSA) is 49.9 Å². The van der Waals surface area contributed by atoms with Gasteiger partial charge in [0.15, 0.2) is 11.4 Å². The highest BCUT2D eigenvalue weighted by molar-refractivity contribution is 6.04. The van der Waals surface area contributed by atoms with Crippen LogP contribution in [0.1, 0.15) is 44.0 Å². The van der Waals surface area contributed by atoms with Crippen LogP contribution in [0.2, 0.25) is 0 Å². The molecule has 1 aliphatic rings. The highest BCUT2D eigenvalue weighted by atomic mass is 16.5. The molecule has 0 aromatic heterocycles. The van der Waals surface area contributed by atoms with Gasteiger partial charge in [-0.25, -0.2) is 0 Å². The summed E-state index contributed by atoms with van der Waals surface area (Å²) < 4.78 is 6.09. The fourth-order valence-electron chi connectivity index (χ4n) is 2.86. The van der Waals surface area contributed by atoms with Crippen molar-refractivity contribution in [3.05, 3.63) is 23.8 Å². The zero-order chi connectivity index (χ0) is 17.2. The normalized spacial score (nSPS) is 16.3. The van der Waals surface area contributed by atoms with Gasteiger partial charge in [-0.1, -0.05) is 13.8 Å². The largest absolute Gasteiger partial charge is 0.475 e. The van der Waals surface area contributed by atoms with Crippen molar-refractivity contribution >= 4 is 17.4 Å². The molecule has 23 heavy (non-hydrogen) atoms. The first-order valence-corrected chi connectivity index (χ1v) is 8.15. The van der Waals surface area contributed by atoms with Crippen LogP contribution in [0.4, 0.5) is 5.69 Å². The van der Waals surface area contributed by atoms with Crippen molar-refractivity contribution in [2.75, 3.05) is 32.1 Å². The summed E-state index contributed by atoms with van der Waals surface area (Å²) in [6.07, 6.45) is 1.24. The molecule has 0 unspecified atom stereocenters. The Hall–Kier alpha value is -1.88. The summed E-state index contributed by atoms with van der Waals surface area (Å²) in [5.41, 5.74) is 0.481. The number of amides is 1.